The fourth-order valence-corrected chi connectivity index (χ4v) is 8.30. The Balaban J connectivity index is 1.59. The molecule has 4 rings (SSSR count). The number of aliphatic hydroxyl groups excluding tert-OH is 1. The minimum Gasteiger partial charge on any atom is -0.393 e. The Bertz CT molecular complexity index is 479. The van der Waals surface area contributed by atoms with Crippen LogP contribution >= 0.6 is 0 Å². The summed E-state index contributed by atoms with van der Waals surface area (Å²) in [6.07, 6.45) is 12.0. The van der Waals surface area contributed by atoms with Gasteiger partial charge in [-0.05, 0) is 112 Å². The highest BCUT2D eigenvalue weighted by molar-refractivity contribution is 5.10. The lowest BCUT2D eigenvalue weighted by Crippen LogP contribution is -2.54. The number of nitrogens with one attached hydrogen (secondary N) is 1. The number of rotatable bonds is 2. The lowest BCUT2D eigenvalue weighted by molar-refractivity contribution is -0.127. The van der Waals surface area contributed by atoms with E-state index in [1.807, 2.05) is 0 Å². The maximum atomic E-state index is 10.2. The third-order valence-corrected chi connectivity index (χ3v) is 9.77. The molecule has 4 fully saturated rings. The predicted octanol–water partition coefficient (Wildman–Crippen LogP) is 4.61. The lowest BCUT2D eigenvalue weighted by Gasteiger charge is -2.61. The zero-order chi connectivity index (χ0) is 17.1. The van der Waals surface area contributed by atoms with Crippen LogP contribution in [0.3, 0.4) is 0 Å². The van der Waals surface area contributed by atoms with E-state index in [0.717, 1.165) is 42.4 Å². The normalized spacial score (nSPS) is 55.4. The van der Waals surface area contributed by atoms with Crippen molar-refractivity contribution < 1.29 is 5.11 Å². The second kappa shape index (κ2) is 5.98. The highest BCUT2D eigenvalue weighted by atomic mass is 16.3. The zero-order valence-corrected chi connectivity index (χ0v) is 16.4. The van der Waals surface area contributed by atoms with E-state index in [0.29, 0.717) is 16.9 Å². The molecule has 0 aromatic rings. The van der Waals surface area contributed by atoms with Crippen molar-refractivity contribution in [3.63, 3.8) is 0 Å². The first-order chi connectivity index (χ1) is 11.4. The summed E-state index contributed by atoms with van der Waals surface area (Å²) in [7, 11) is 2.15. The number of fused-ring (bicyclic) bond motifs is 5. The Morgan fingerprint density at radius 2 is 1.62 bits per heavy atom. The maximum absolute atomic E-state index is 10.2. The fourth-order valence-electron chi connectivity index (χ4n) is 8.30. The molecule has 0 aromatic heterocycles. The minimum absolute atomic E-state index is 0.0131. The van der Waals surface area contributed by atoms with Gasteiger partial charge in [0.15, 0.2) is 0 Å². The van der Waals surface area contributed by atoms with Crippen LogP contribution in [0, 0.1) is 40.4 Å². The van der Waals surface area contributed by atoms with Crippen molar-refractivity contribution in [1.82, 2.24) is 5.32 Å². The van der Waals surface area contributed by atoms with Gasteiger partial charge in [0.1, 0.15) is 0 Å². The number of hydrogen-bond acceptors (Lipinski definition) is 2. The Hall–Kier alpha value is -0.0800. The van der Waals surface area contributed by atoms with Crippen LogP contribution in [0.2, 0.25) is 0 Å². The summed E-state index contributed by atoms with van der Waals surface area (Å²) in [6.45, 7) is 7.65. The average molecular weight is 334 g/mol. The Kier molecular flexibility index (Phi) is 4.32. The number of aliphatic hydroxyl groups is 1. The minimum atomic E-state index is -0.0131. The maximum Gasteiger partial charge on any atom is 0.0543 e. The lowest BCUT2D eigenvalue weighted by atomic mass is 9.44. The second-order valence-electron chi connectivity index (χ2n) is 10.4. The van der Waals surface area contributed by atoms with Crippen LogP contribution in [0.15, 0.2) is 0 Å². The van der Waals surface area contributed by atoms with E-state index in [2.05, 4.69) is 33.1 Å². The summed E-state index contributed by atoms with van der Waals surface area (Å²) >= 11 is 0. The van der Waals surface area contributed by atoms with Crippen LogP contribution in [0.4, 0.5) is 0 Å². The summed E-state index contributed by atoms with van der Waals surface area (Å²) < 4.78 is 0. The van der Waals surface area contributed by atoms with E-state index in [4.69, 9.17) is 0 Å². The summed E-state index contributed by atoms with van der Waals surface area (Å²) in [5, 5.41) is 13.7. The van der Waals surface area contributed by atoms with Crippen molar-refractivity contribution >= 4 is 0 Å². The van der Waals surface area contributed by atoms with Gasteiger partial charge in [0.05, 0.1) is 6.10 Å². The first-order valence-corrected chi connectivity index (χ1v) is 10.8. The van der Waals surface area contributed by atoms with Gasteiger partial charge >= 0.3 is 0 Å². The molecule has 4 saturated carbocycles. The molecule has 0 aliphatic heterocycles. The van der Waals surface area contributed by atoms with E-state index in [-0.39, 0.29) is 6.10 Å². The molecule has 0 aromatic carbocycles. The Labute approximate surface area is 149 Å². The quantitative estimate of drug-likeness (QED) is 0.773. The Morgan fingerprint density at radius 1 is 0.917 bits per heavy atom. The molecule has 0 bridgehead atoms. The molecule has 0 saturated heterocycles. The highest BCUT2D eigenvalue weighted by Gasteiger charge is 2.60. The summed E-state index contributed by atoms with van der Waals surface area (Å²) in [4.78, 5) is 0. The van der Waals surface area contributed by atoms with E-state index in [1.54, 1.807) is 0 Å². The zero-order valence-electron chi connectivity index (χ0n) is 16.4. The SMILES string of the molecule is CN[C@H](C)[C@H]1CC[C@H]2[C@@H]3CC[C@H]4C[C@H](O)CC[C@]4(C)[C@H]3CC[C@]12C. The topological polar surface area (TPSA) is 32.3 Å². The van der Waals surface area contributed by atoms with Crippen molar-refractivity contribution in [3.8, 4) is 0 Å². The van der Waals surface area contributed by atoms with Crippen molar-refractivity contribution in [2.75, 3.05) is 7.05 Å². The summed E-state index contributed by atoms with van der Waals surface area (Å²) in [5.74, 6) is 4.52. The van der Waals surface area contributed by atoms with Gasteiger partial charge in [-0.2, -0.15) is 0 Å². The molecule has 4 aliphatic carbocycles. The molecule has 0 radical (unpaired) electrons. The van der Waals surface area contributed by atoms with Crippen molar-refractivity contribution in [1.29, 1.82) is 0 Å². The van der Waals surface area contributed by atoms with Gasteiger partial charge in [-0.1, -0.05) is 13.8 Å². The van der Waals surface area contributed by atoms with Crippen LogP contribution in [-0.4, -0.2) is 24.3 Å². The van der Waals surface area contributed by atoms with Gasteiger partial charge in [0.2, 0.25) is 0 Å². The van der Waals surface area contributed by atoms with Gasteiger partial charge in [-0.15, -0.1) is 0 Å². The van der Waals surface area contributed by atoms with Crippen molar-refractivity contribution in [2.45, 2.75) is 90.7 Å². The Morgan fingerprint density at radius 3 is 2.38 bits per heavy atom. The van der Waals surface area contributed by atoms with Crippen molar-refractivity contribution in [3.05, 3.63) is 0 Å². The smallest absolute Gasteiger partial charge is 0.0543 e. The van der Waals surface area contributed by atoms with Gasteiger partial charge in [0, 0.05) is 6.04 Å². The molecular formula is C22H39NO. The number of hydrogen-bond donors (Lipinski definition) is 2. The van der Waals surface area contributed by atoms with Crippen LogP contribution < -0.4 is 5.32 Å². The molecule has 0 spiro atoms. The van der Waals surface area contributed by atoms with E-state index in [9.17, 15) is 5.11 Å². The molecule has 2 N–H and O–H groups in total. The summed E-state index contributed by atoms with van der Waals surface area (Å²) in [6, 6.07) is 0.660. The molecule has 0 heterocycles. The van der Waals surface area contributed by atoms with Gasteiger partial charge < -0.3 is 10.4 Å². The van der Waals surface area contributed by atoms with Gasteiger partial charge in [-0.25, -0.2) is 0 Å². The third kappa shape index (κ3) is 2.35. The second-order valence-corrected chi connectivity index (χ2v) is 10.4. The fraction of sp³-hybridized carbons (Fsp3) is 1.00. The molecule has 0 unspecified atom stereocenters. The van der Waals surface area contributed by atoms with E-state index in [1.165, 1.54) is 44.9 Å². The average Bonchev–Trinajstić information content (AvgIpc) is 2.92. The molecule has 138 valence electrons. The third-order valence-electron chi connectivity index (χ3n) is 9.77. The van der Waals surface area contributed by atoms with Crippen LogP contribution in [0.1, 0.15) is 78.6 Å². The molecule has 2 heteroatoms. The molecule has 4 aliphatic rings. The molecule has 9 atom stereocenters. The predicted molar refractivity (Wildman–Crippen MR) is 99.7 cm³/mol. The van der Waals surface area contributed by atoms with E-state index < -0.39 is 0 Å². The van der Waals surface area contributed by atoms with Crippen LogP contribution in [0.25, 0.3) is 0 Å². The molecule has 2 nitrogen and oxygen atoms in total. The molecular weight excluding hydrogens is 294 g/mol. The summed E-state index contributed by atoms with van der Waals surface area (Å²) in [5.41, 5.74) is 1.09. The van der Waals surface area contributed by atoms with Gasteiger partial charge in [0.25, 0.3) is 0 Å². The van der Waals surface area contributed by atoms with Crippen LogP contribution in [-0.2, 0) is 0 Å². The van der Waals surface area contributed by atoms with Crippen LogP contribution in [0.5, 0.6) is 0 Å². The monoisotopic (exact) mass is 333 g/mol. The highest BCUT2D eigenvalue weighted by Crippen LogP contribution is 2.67. The first-order valence-electron chi connectivity index (χ1n) is 10.8. The largest absolute Gasteiger partial charge is 0.393 e. The van der Waals surface area contributed by atoms with Crippen molar-refractivity contribution in [2.24, 2.45) is 40.4 Å². The molecule has 0 amide bonds. The first kappa shape index (κ1) is 17.3. The standard InChI is InChI=1S/C22H39NO/c1-14(23-4)18-7-8-19-17-6-5-15-13-16(24)9-11-21(15,2)20(17)10-12-22(18,19)3/h14-20,23-24H,5-13H2,1-4H3/t14-,15+,16-,17+,18-,19+,20+,21+,22-/m1/s1. The molecule has 24 heavy (non-hydrogen) atoms. The van der Waals surface area contributed by atoms with Gasteiger partial charge in [-0.3, -0.25) is 0 Å². The van der Waals surface area contributed by atoms with E-state index >= 15 is 0 Å².